The number of rotatable bonds is 4. The summed E-state index contributed by atoms with van der Waals surface area (Å²) in [6.45, 7) is 2.48. The third-order valence-electron chi connectivity index (χ3n) is 2.75. The van der Waals surface area contributed by atoms with Crippen molar-refractivity contribution in [1.82, 2.24) is 0 Å². The van der Waals surface area contributed by atoms with Crippen LogP contribution in [0.25, 0.3) is 0 Å². The van der Waals surface area contributed by atoms with E-state index in [1.54, 1.807) is 7.11 Å². The molecule has 0 aliphatic carbocycles. The Morgan fingerprint density at radius 2 is 1.84 bits per heavy atom. The first-order valence-corrected chi connectivity index (χ1v) is 6.98. The van der Waals surface area contributed by atoms with Crippen molar-refractivity contribution in [3.8, 4) is 11.5 Å². The normalized spacial score (nSPS) is 10.3. The van der Waals surface area contributed by atoms with E-state index >= 15 is 0 Å². The minimum Gasteiger partial charge on any atom is -0.496 e. The second-order valence-electron chi connectivity index (χ2n) is 4.17. The van der Waals surface area contributed by atoms with Crippen molar-refractivity contribution >= 4 is 27.5 Å². The molecule has 0 bridgehead atoms. The highest BCUT2D eigenvalue weighted by Gasteiger charge is 2.04. The van der Waals surface area contributed by atoms with Gasteiger partial charge in [-0.25, -0.2) is 0 Å². The van der Waals surface area contributed by atoms with Gasteiger partial charge in [0.15, 0.2) is 0 Å². The van der Waals surface area contributed by atoms with E-state index < -0.39 is 0 Å². The van der Waals surface area contributed by atoms with Gasteiger partial charge < -0.3 is 9.47 Å². The van der Waals surface area contributed by atoms with E-state index in [4.69, 9.17) is 21.1 Å². The lowest BCUT2D eigenvalue weighted by atomic mass is 10.2. The van der Waals surface area contributed by atoms with Crippen molar-refractivity contribution in [2.24, 2.45) is 0 Å². The Morgan fingerprint density at radius 3 is 2.47 bits per heavy atom. The minimum absolute atomic E-state index is 0.505. The maximum atomic E-state index is 5.91. The SMILES string of the molecule is COc1ccc(COc2ccc(Cl)cc2C)cc1Br. The van der Waals surface area contributed by atoms with Crippen LogP contribution in [-0.2, 0) is 6.61 Å². The number of hydrogen-bond acceptors (Lipinski definition) is 2. The lowest BCUT2D eigenvalue weighted by Gasteiger charge is -2.10. The first-order chi connectivity index (χ1) is 9.10. The Labute approximate surface area is 126 Å². The molecule has 0 amide bonds. The molecule has 0 atom stereocenters. The molecule has 0 aliphatic rings. The lowest BCUT2D eigenvalue weighted by molar-refractivity contribution is 0.303. The molecule has 0 fully saturated rings. The molecule has 0 saturated heterocycles. The summed E-state index contributed by atoms with van der Waals surface area (Å²) in [6.07, 6.45) is 0. The van der Waals surface area contributed by atoms with Crippen LogP contribution in [0.2, 0.25) is 5.02 Å². The Hall–Kier alpha value is -1.19. The average Bonchev–Trinajstić information content (AvgIpc) is 2.38. The fourth-order valence-corrected chi connectivity index (χ4v) is 2.55. The van der Waals surface area contributed by atoms with E-state index in [9.17, 15) is 0 Å². The lowest BCUT2D eigenvalue weighted by Crippen LogP contribution is -1.97. The van der Waals surface area contributed by atoms with Gasteiger partial charge in [0.25, 0.3) is 0 Å². The van der Waals surface area contributed by atoms with Gasteiger partial charge in [0.05, 0.1) is 11.6 Å². The summed E-state index contributed by atoms with van der Waals surface area (Å²) < 4.78 is 11.9. The van der Waals surface area contributed by atoms with E-state index in [-0.39, 0.29) is 0 Å². The van der Waals surface area contributed by atoms with Gasteiger partial charge in [0, 0.05) is 5.02 Å². The minimum atomic E-state index is 0.505. The van der Waals surface area contributed by atoms with E-state index in [0.29, 0.717) is 6.61 Å². The van der Waals surface area contributed by atoms with Crippen LogP contribution < -0.4 is 9.47 Å². The third-order valence-corrected chi connectivity index (χ3v) is 3.60. The molecule has 0 unspecified atom stereocenters. The molecular formula is C15H14BrClO2. The summed E-state index contributed by atoms with van der Waals surface area (Å²) in [6, 6.07) is 11.5. The number of halogens is 2. The molecule has 2 aromatic carbocycles. The first-order valence-electron chi connectivity index (χ1n) is 5.81. The van der Waals surface area contributed by atoms with Gasteiger partial charge in [-0.15, -0.1) is 0 Å². The summed E-state index contributed by atoms with van der Waals surface area (Å²) in [5, 5.41) is 0.719. The van der Waals surface area contributed by atoms with Crippen molar-refractivity contribution < 1.29 is 9.47 Å². The fraction of sp³-hybridized carbons (Fsp3) is 0.200. The number of benzene rings is 2. The molecule has 0 heterocycles. The molecule has 2 rings (SSSR count). The number of methoxy groups -OCH3 is 1. The van der Waals surface area contributed by atoms with Gasteiger partial charge in [-0.2, -0.15) is 0 Å². The molecular weight excluding hydrogens is 328 g/mol. The van der Waals surface area contributed by atoms with Crippen LogP contribution in [0.3, 0.4) is 0 Å². The van der Waals surface area contributed by atoms with E-state index in [2.05, 4.69) is 15.9 Å². The fourth-order valence-electron chi connectivity index (χ4n) is 1.74. The summed E-state index contributed by atoms with van der Waals surface area (Å²) in [4.78, 5) is 0. The summed E-state index contributed by atoms with van der Waals surface area (Å²) >= 11 is 9.37. The molecule has 0 N–H and O–H groups in total. The second-order valence-corrected chi connectivity index (χ2v) is 5.46. The summed E-state index contributed by atoms with van der Waals surface area (Å²) in [7, 11) is 1.65. The average molecular weight is 342 g/mol. The Balaban J connectivity index is 2.08. The van der Waals surface area contributed by atoms with Crippen LogP contribution in [0.5, 0.6) is 11.5 Å². The number of ether oxygens (including phenoxy) is 2. The zero-order valence-corrected chi connectivity index (χ0v) is 13.1. The monoisotopic (exact) mass is 340 g/mol. The largest absolute Gasteiger partial charge is 0.496 e. The molecule has 0 radical (unpaired) electrons. The highest BCUT2D eigenvalue weighted by Crippen LogP contribution is 2.27. The summed E-state index contributed by atoms with van der Waals surface area (Å²) in [5.74, 6) is 1.66. The van der Waals surface area contributed by atoms with Gasteiger partial charge >= 0.3 is 0 Å². The first kappa shape index (κ1) is 14.2. The third kappa shape index (κ3) is 3.64. The Bertz CT molecular complexity index is 584. The maximum Gasteiger partial charge on any atom is 0.133 e. The molecule has 0 saturated carbocycles. The van der Waals surface area contributed by atoms with Crippen molar-refractivity contribution in [1.29, 1.82) is 0 Å². The number of hydrogen-bond donors (Lipinski definition) is 0. The molecule has 0 aromatic heterocycles. The molecule has 0 aliphatic heterocycles. The van der Waals surface area contributed by atoms with Gasteiger partial charge in [0.1, 0.15) is 18.1 Å². The van der Waals surface area contributed by atoms with Crippen LogP contribution in [0.4, 0.5) is 0 Å². The number of aryl methyl sites for hydroxylation is 1. The van der Waals surface area contributed by atoms with Crippen molar-refractivity contribution in [3.05, 3.63) is 57.0 Å². The highest BCUT2D eigenvalue weighted by molar-refractivity contribution is 9.10. The molecule has 2 aromatic rings. The van der Waals surface area contributed by atoms with Crippen LogP contribution >= 0.6 is 27.5 Å². The van der Waals surface area contributed by atoms with Crippen LogP contribution in [-0.4, -0.2) is 7.11 Å². The van der Waals surface area contributed by atoms with E-state index in [0.717, 1.165) is 32.1 Å². The Kier molecular flexibility index (Phi) is 4.72. The molecule has 19 heavy (non-hydrogen) atoms. The van der Waals surface area contributed by atoms with Crippen LogP contribution in [0.15, 0.2) is 40.9 Å². The van der Waals surface area contributed by atoms with Gasteiger partial charge in [-0.1, -0.05) is 17.7 Å². The molecule has 2 nitrogen and oxygen atoms in total. The van der Waals surface area contributed by atoms with Crippen LogP contribution in [0.1, 0.15) is 11.1 Å². The van der Waals surface area contributed by atoms with Gasteiger partial charge in [-0.3, -0.25) is 0 Å². The van der Waals surface area contributed by atoms with Gasteiger partial charge in [-0.05, 0) is 64.3 Å². The standard InChI is InChI=1S/C15H14BrClO2/c1-10-7-12(17)4-6-14(10)19-9-11-3-5-15(18-2)13(16)8-11/h3-8H,9H2,1-2H3. The summed E-state index contributed by atoms with van der Waals surface area (Å²) in [5.41, 5.74) is 2.10. The molecule has 4 heteroatoms. The predicted octanol–water partition coefficient (Wildman–Crippen LogP) is 5.00. The van der Waals surface area contributed by atoms with Crippen LogP contribution in [0, 0.1) is 6.92 Å². The predicted molar refractivity (Wildman–Crippen MR) is 81.2 cm³/mol. The zero-order chi connectivity index (χ0) is 13.8. The second kappa shape index (κ2) is 6.31. The topological polar surface area (TPSA) is 18.5 Å². The van der Waals surface area contributed by atoms with E-state index in [1.165, 1.54) is 0 Å². The maximum absolute atomic E-state index is 5.91. The van der Waals surface area contributed by atoms with Gasteiger partial charge in [0.2, 0.25) is 0 Å². The highest BCUT2D eigenvalue weighted by atomic mass is 79.9. The van der Waals surface area contributed by atoms with Crippen molar-refractivity contribution in [2.45, 2.75) is 13.5 Å². The zero-order valence-electron chi connectivity index (χ0n) is 10.7. The van der Waals surface area contributed by atoms with E-state index in [1.807, 2.05) is 43.3 Å². The smallest absolute Gasteiger partial charge is 0.133 e. The quantitative estimate of drug-likeness (QED) is 0.779. The van der Waals surface area contributed by atoms with Crippen molar-refractivity contribution in [2.75, 3.05) is 7.11 Å². The Morgan fingerprint density at radius 1 is 1.11 bits per heavy atom. The molecule has 0 spiro atoms. The molecule has 100 valence electrons. The van der Waals surface area contributed by atoms with Crippen molar-refractivity contribution in [3.63, 3.8) is 0 Å².